The number of likely N-dealkylation sites (N-methyl/N-ethyl adjacent to an activating group) is 2. The van der Waals surface area contributed by atoms with E-state index in [0.717, 1.165) is 0 Å². The van der Waals surface area contributed by atoms with Gasteiger partial charge in [-0.3, -0.25) is 55.8 Å². The van der Waals surface area contributed by atoms with Gasteiger partial charge in [0, 0.05) is 14.1 Å². The molecule has 2 aliphatic heterocycles. The lowest BCUT2D eigenvalue weighted by atomic mass is 10.5. The maximum atomic E-state index is 10.9. The van der Waals surface area contributed by atoms with Gasteiger partial charge in [0.05, 0.1) is 13.1 Å². The van der Waals surface area contributed by atoms with Crippen molar-refractivity contribution in [3.8, 4) is 0 Å². The van der Waals surface area contributed by atoms with E-state index in [1.807, 2.05) is 4.98 Å². The third kappa shape index (κ3) is 4.93. The topological polar surface area (TPSA) is 227 Å². The van der Waals surface area contributed by atoms with E-state index < -0.39 is 16.9 Å². The van der Waals surface area contributed by atoms with Gasteiger partial charge in [-0.1, -0.05) is 0 Å². The molecule has 0 atom stereocenters. The standard InChI is InChI=1S/C5H4N4O3.2C4H7N3O/c10-3-1-2(7-4(11)6-1)8-5(12)9-3;2*1-7-2-3(8)6-4(7)5/h(H4,6,7,8,9,10,11,12);2*2H2,1H3,(H2,5,6,8). The normalized spacial score (nSPS) is 15.6. The van der Waals surface area contributed by atoms with E-state index in [1.165, 1.54) is 0 Å². The number of H-pyrrole nitrogens is 4. The second-order valence-electron chi connectivity index (χ2n) is 5.74. The minimum Gasteiger partial charge on any atom is -0.337 e. The van der Waals surface area contributed by atoms with E-state index in [-0.39, 0.29) is 34.9 Å². The van der Waals surface area contributed by atoms with Crippen molar-refractivity contribution in [3.63, 3.8) is 0 Å². The van der Waals surface area contributed by atoms with Gasteiger partial charge in [0.1, 0.15) is 11.2 Å². The van der Waals surface area contributed by atoms with Gasteiger partial charge in [-0.2, -0.15) is 0 Å². The maximum Gasteiger partial charge on any atom is 0.327 e. The van der Waals surface area contributed by atoms with Crippen molar-refractivity contribution in [1.29, 1.82) is 10.8 Å². The van der Waals surface area contributed by atoms with Crippen LogP contribution < -0.4 is 27.6 Å². The van der Waals surface area contributed by atoms with Crippen molar-refractivity contribution in [1.82, 2.24) is 40.4 Å². The smallest absolute Gasteiger partial charge is 0.327 e. The second kappa shape index (κ2) is 8.02. The fourth-order valence-electron chi connectivity index (χ4n) is 2.08. The number of nitrogens with one attached hydrogen (secondary N) is 8. The van der Waals surface area contributed by atoms with Gasteiger partial charge in [-0.05, 0) is 0 Å². The SMILES string of the molecule is CN1CC(=O)NC1=N.CN1CC(=O)NC1=N.O=c1[nH]c(=O)c2[nH]c(=O)[nH]c2[nH]1. The molecular weight excluding hydrogens is 376 g/mol. The van der Waals surface area contributed by atoms with E-state index in [1.54, 1.807) is 23.9 Å². The van der Waals surface area contributed by atoms with Crippen molar-refractivity contribution in [3.05, 3.63) is 31.3 Å². The summed E-state index contributed by atoms with van der Waals surface area (Å²) in [6.45, 7) is 0.637. The summed E-state index contributed by atoms with van der Waals surface area (Å²) in [6, 6.07) is 0. The van der Waals surface area contributed by atoms with Crippen LogP contribution in [-0.4, -0.2) is 80.7 Å². The van der Waals surface area contributed by atoms with Crippen molar-refractivity contribution in [2.75, 3.05) is 27.2 Å². The van der Waals surface area contributed by atoms with Crippen molar-refractivity contribution in [2.24, 2.45) is 0 Å². The number of imidazole rings is 1. The lowest BCUT2D eigenvalue weighted by Gasteiger charge is -2.03. The summed E-state index contributed by atoms with van der Waals surface area (Å²) in [6.07, 6.45) is 0. The molecule has 28 heavy (non-hydrogen) atoms. The minimum atomic E-state index is -0.650. The molecule has 15 nitrogen and oxygen atoms in total. The molecule has 4 rings (SSSR count). The van der Waals surface area contributed by atoms with Crippen LogP contribution in [0.2, 0.25) is 0 Å². The number of aromatic amines is 4. The average Bonchev–Trinajstić information content (AvgIpc) is 3.18. The number of guanidine groups is 2. The van der Waals surface area contributed by atoms with Crippen LogP contribution in [0.5, 0.6) is 0 Å². The first-order valence-electron chi connectivity index (χ1n) is 7.70. The lowest BCUT2D eigenvalue weighted by Crippen LogP contribution is -2.25. The molecule has 0 unspecified atom stereocenters. The molecule has 8 N–H and O–H groups in total. The number of carbonyl (C=O) groups is 2. The molecule has 2 amide bonds. The number of amides is 2. The molecule has 0 bridgehead atoms. The molecule has 150 valence electrons. The Labute approximate surface area is 155 Å². The number of hydrogen-bond acceptors (Lipinski definition) is 7. The van der Waals surface area contributed by atoms with Gasteiger partial charge < -0.3 is 9.80 Å². The molecule has 2 aromatic rings. The molecular formula is C13H18N10O5. The summed E-state index contributed by atoms with van der Waals surface area (Å²) in [7, 11) is 3.39. The van der Waals surface area contributed by atoms with Crippen molar-refractivity contribution < 1.29 is 9.59 Å². The Morgan fingerprint density at radius 2 is 1.14 bits per heavy atom. The number of nitrogens with zero attached hydrogens (tertiary/aromatic N) is 2. The van der Waals surface area contributed by atoms with Gasteiger partial charge in [0.2, 0.25) is 11.8 Å². The molecule has 0 spiro atoms. The Kier molecular flexibility index (Phi) is 5.77. The molecule has 2 aliphatic rings. The van der Waals surface area contributed by atoms with Crippen LogP contribution in [0, 0.1) is 10.8 Å². The highest BCUT2D eigenvalue weighted by molar-refractivity contribution is 6.03. The summed E-state index contributed by atoms with van der Waals surface area (Å²) in [5.74, 6) is 0.181. The monoisotopic (exact) mass is 394 g/mol. The Hall–Kier alpha value is -4.17. The zero-order valence-electron chi connectivity index (χ0n) is 14.8. The van der Waals surface area contributed by atoms with E-state index in [9.17, 15) is 24.0 Å². The Bertz CT molecular complexity index is 1070. The highest BCUT2D eigenvalue weighted by atomic mass is 16.2. The van der Waals surface area contributed by atoms with Gasteiger partial charge in [0.15, 0.2) is 11.9 Å². The largest absolute Gasteiger partial charge is 0.337 e. The Morgan fingerprint density at radius 3 is 1.46 bits per heavy atom. The highest BCUT2D eigenvalue weighted by Crippen LogP contribution is 1.90. The molecule has 2 fully saturated rings. The van der Waals surface area contributed by atoms with Gasteiger partial charge >= 0.3 is 11.4 Å². The van der Waals surface area contributed by atoms with Crippen LogP contribution in [0.4, 0.5) is 0 Å². The van der Waals surface area contributed by atoms with E-state index in [0.29, 0.717) is 13.1 Å². The second-order valence-corrected chi connectivity index (χ2v) is 5.74. The fraction of sp³-hybridized carbons (Fsp3) is 0.308. The summed E-state index contributed by atoms with van der Waals surface area (Å²) in [5.41, 5.74) is -1.65. The molecule has 15 heteroatoms. The van der Waals surface area contributed by atoms with E-state index >= 15 is 0 Å². The first-order chi connectivity index (χ1) is 13.1. The predicted octanol–water partition coefficient (Wildman–Crippen LogP) is -3.80. The average molecular weight is 394 g/mol. The third-order valence-electron chi connectivity index (χ3n) is 3.46. The quantitative estimate of drug-likeness (QED) is 0.222. The van der Waals surface area contributed by atoms with E-state index in [2.05, 4.69) is 25.6 Å². The predicted molar refractivity (Wildman–Crippen MR) is 97.2 cm³/mol. The van der Waals surface area contributed by atoms with Crippen LogP contribution in [0.25, 0.3) is 11.2 Å². The number of aromatic nitrogens is 4. The van der Waals surface area contributed by atoms with E-state index in [4.69, 9.17) is 10.8 Å². The summed E-state index contributed by atoms with van der Waals surface area (Å²) < 4.78 is 0. The van der Waals surface area contributed by atoms with Crippen molar-refractivity contribution in [2.45, 2.75) is 0 Å². The summed E-state index contributed by atoms with van der Waals surface area (Å²) >= 11 is 0. The number of hydrogen-bond donors (Lipinski definition) is 8. The first kappa shape index (κ1) is 20.1. The zero-order valence-corrected chi connectivity index (χ0v) is 14.8. The van der Waals surface area contributed by atoms with Crippen LogP contribution in [-0.2, 0) is 9.59 Å². The fourth-order valence-corrected chi connectivity index (χ4v) is 2.08. The number of fused-ring (bicyclic) bond motifs is 1. The maximum absolute atomic E-state index is 10.9. The molecule has 2 aromatic heterocycles. The molecule has 0 saturated carbocycles. The first-order valence-corrected chi connectivity index (χ1v) is 7.70. The summed E-state index contributed by atoms with van der Waals surface area (Å²) in [4.78, 5) is 64.8. The molecule has 0 aliphatic carbocycles. The Morgan fingerprint density at radius 1 is 0.714 bits per heavy atom. The molecule has 0 aromatic carbocycles. The molecule has 0 radical (unpaired) electrons. The number of carbonyl (C=O) groups excluding carboxylic acids is 2. The van der Waals surface area contributed by atoms with Gasteiger partial charge in [-0.25, -0.2) is 9.59 Å². The third-order valence-corrected chi connectivity index (χ3v) is 3.46. The highest BCUT2D eigenvalue weighted by Gasteiger charge is 2.19. The molecule has 2 saturated heterocycles. The minimum absolute atomic E-state index is 0.0413. The molecule has 4 heterocycles. The van der Waals surface area contributed by atoms with Crippen molar-refractivity contribution >= 4 is 34.9 Å². The number of rotatable bonds is 0. The van der Waals surface area contributed by atoms with Gasteiger partial charge in [-0.15, -0.1) is 0 Å². The van der Waals surface area contributed by atoms with Crippen LogP contribution in [0.1, 0.15) is 0 Å². The Balaban J connectivity index is 0.000000156. The van der Waals surface area contributed by atoms with Crippen LogP contribution >= 0.6 is 0 Å². The zero-order chi connectivity index (χ0) is 21.0. The lowest BCUT2D eigenvalue weighted by molar-refractivity contribution is -0.119. The van der Waals surface area contributed by atoms with Crippen LogP contribution in [0.15, 0.2) is 14.4 Å². The van der Waals surface area contributed by atoms with Gasteiger partial charge in [0.25, 0.3) is 5.56 Å². The van der Waals surface area contributed by atoms with Crippen LogP contribution in [0.3, 0.4) is 0 Å². The summed E-state index contributed by atoms with van der Waals surface area (Å²) in [5, 5.41) is 18.6.